The number of amides is 1. The molecule has 1 N–H and O–H groups in total. The van der Waals surface area contributed by atoms with E-state index in [1.165, 1.54) is 0 Å². The van der Waals surface area contributed by atoms with Crippen LogP contribution in [0.5, 0.6) is 0 Å². The molecule has 5 heteroatoms. The van der Waals surface area contributed by atoms with Crippen molar-refractivity contribution >= 4 is 23.1 Å². The SMILES string of the molecule is CCN(CC)c1ccc(C2C(C(=O)C(C)C)=C(O)C(=O)N2c2ccc(C)c(C)c2)cc1. The first kappa shape index (κ1) is 22.6. The Balaban J connectivity index is 2.14. The van der Waals surface area contributed by atoms with Gasteiger partial charge in [-0.1, -0.05) is 32.0 Å². The summed E-state index contributed by atoms with van der Waals surface area (Å²) in [5, 5.41) is 10.7. The highest BCUT2D eigenvalue weighted by atomic mass is 16.3. The van der Waals surface area contributed by atoms with E-state index in [2.05, 4.69) is 18.7 Å². The number of nitrogens with zero attached hydrogens (tertiary/aromatic N) is 2. The van der Waals surface area contributed by atoms with E-state index < -0.39 is 17.7 Å². The maximum atomic E-state index is 13.1. The summed E-state index contributed by atoms with van der Waals surface area (Å²) in [4.78, 5) is 30.0. The Morgan fingerprint density at radius 1 is 1.03 bits per heavy atom. The maximum Gasteiger partial charge on any atom is 0.294 e. The highest BCUT2D eigenvalue weighted by molar-refractivity contribution is 6.16. The molecule has 1 atom stereocenters. The number of aryl methyl sites for hydroxylation is 2. The van der Waals surface area contributed by atoms with E-state index in [1.54, 1.807) is 18.7 Å². The van der Waals surface area contributed by atoms with E-state index in [0.29, 0.717) is 5.69 Å². The lowest BCUT2D eigenvalue weighted by molar-refractivity contribution is -0.119. The van der Waals surface area contributed by atoms with E-state index in [1.807, 2.05) is 56.3 Å². The van der Waals surface area contributed by atoms with E-state index >= 15 is 0 Å². The third-order valence-corrected chi connectivity index (χ3v) is 6.10. The van der Waals surface area contributed by atoms with Crippen molar-refractivity contribution in [3.05, 3.63) is 70.5 Å². The fourth-order valence-electron chi connectivity index (χ4n) is 4.08. The molecule has 0 aliphatic carbocycles. The third-order valence-electron chi connectivity index (χ3n) is 6.10. The predicted molar refractivity (Wildman–Crippen MR) is 126 cm³/mol. The number of carbonyl (C=O) groups excluding carboxylic acids is 2. The van der Waals surface area contributed by atoms with Crippen LogP contribution in [0.1, 0.15) is 50.4 Å². The summed E-state index contributed by atoms with van der Waals surface area (Å²) in [5.41, 5.74) is 4.89. The second kappa shape index (κ2) is 8.96. The van der Waals surface area contributed by atoms with Crippen molar-refractivity contribution in [2.45, 2.75) is 47.6 Å². The zero-order valence-corrected chi connectivity index (χ0v) is 19.3. The summed E-state index contributed by atoms with van der Waals surface area (Å²) in [6, 6.07) is 13.0. The van der Waals surface area contributed by atoms with Crippen LogP contribution < -0.4 is 9.80 Å². The fourth-order valence-corrected chi connectivity index (χ4v) is 4.08. The van der Waals surface area contributed by atoms with Gasteiger partial charge in [0.2, 0.25) is 0 Å². The van der Waals surface area contributed by atoms with Gasteiger partial charge in [0.05, 0.1) is 11.6 Å². The van der Waals surface area contributed by atoms with Crippen LogP contribution >= 0.6 is 0 Å². The lowest BCUT2D eigenvalue weighted by Crippen LogP contribution is -2.31. The first-order valence-electron chi connectivity index (χ1n) is 10.9. The van der Waals surface area contributed by atoms with Crippen molar-refractivity contribution in [2.75, 3.05) is 22.9 Å². The van der Waals surface area contributed by atoms with Gasteiger partial charge in [-0.15, -0.1) is 0 Å². The van der Waals surface area contributed by atoms with E-state index in [9.17, 15) is 14.7 Å². The van der Waals surface area contributed by atoms with Gasteiger partial charge in [-0.05, 0) is 68.7 Å². The Morgan fingerprint density at radius 3 is 2.16 bits per heavy atom. The molecule has 1 aliphatic rings. The number of rotatable bonds is 7. The number of Topliss-reactive ketones (excluding diaryl/α,β-unsaturated/α-hetero) is 1. The molecule has 0 fully saturated rings. The number of hydrogen-bond donors (Lipinski definition) is 1. The molecule has 1 aliphatic heterocycles. The summed E-state index contributed by atoms with van der Waals surface area (Å²) >= 11 is 0. The molecule has 3 rings (SSSR count). The molecule has 0 radical (unpaired) electrons. The topological polar surface area (TPSA) is 60.9 Å². The molecule has 1 amide bonds. The van der Waals surface area contributed by atoms with Crippen LogP contribution in [0.2, 0.25) is 0 Å². The zero-order chi connectivity index (χ0) is 22.9. The molecule has 2 aromatic carbocycles. The van der Waals surface area contributed by atoms with Crippen LogP contribution in [-0.4, -0.2) is 29.9 Å². The monoisotopic (exact) mass is 420 g/mol. The Hall–Kier alpha value is -3.08. The predicted octanol–water partition coefficient (Wildman–Crippen LogP) is 5.27. The van der Waals surface area contributed by atoms with Crippen molar-refractivity contribution in [3.8, 4) is 0 Å². The summed E-state index contributed by atoms with van der Waals surface area (Å²) in [6.45, 7) is 13.6. The Kier molecular flexibility index (Phi) is 6.54. The van der Waals surface area contributed by atoms with Gasteiger partial charge in [0.1, 0.15) is 0 Å². The zero-order valence-electron chi connectivity index (χ0n) is 19.3. The summed E-state index contributed by atoms with van der Waals surface area (Å²) in [5.74, 6) is -1.53. The number of hydrogen-bond acceptors (Lipinski definition) is 4. The molecular weight excluding hydrogens is 388 g/mol. The number of aliphatic hydroxyl groups excluding tert-OH is 1. The van der Waals surface area contributed by atoms with Gasteiger partial charge in [-0.2, -0.15) is 0 Å². The smallest absolute Gasteiger partial charge is 0.294 e. The number of aliphatic hydroxyl groups is 1. The minimum Gasteiger partial charge on any atom is -0.503 e. The van der Waals surface area contributed by atoms with Gasteiger partial charge in [0, 0.05) is 30.4 Å². The first-order valence-corrected chi connectivity index (χ1v) is 10.9. The molecular formula is C26H32N2O3. The van der Waals surface area contributed by atoms with Crippen molar-refractivity contribution in [3.63, 3.8) is 0 Å². The molecule has 1 heterocycles. The fraction of sp³-hybridized carbons (Fsp3) is 0.385. The van der Waals surface area contributed by atoms with Crippen molar-refractivity contribution in [1.29, 1.82) is 0 Å². The van der Waals surface area contributed by atoms with Crippen LogP contribution in [0, 0.1) is 19.8 Å². The standard InChI is InChI=1S/C26H32N2O3/c1-7-27(8-2)20-13-10-19(11-14-20)23-22(24(29)16(3)4)25(30)26(31)28(23)21-12-9-17(5)18(6)15-21/h9-16,23,30H,7-8H2,1-6H3. The van der Waals surface area contributed by atoms with Gasteiger partial charge in [-0.3, -0.25) is 14.5 Å². The summed E-state index contributed by atoms with van der Waals surface area (Å²) in [7, 11) is 0. The van der Waals surface area contributed by atoms with Crippen LogP contribution in [0.15, 0.2) is 53.8 Å². The Bertz CT molecular complexity index is 1020. The number of ketones is 1. The molecule has 0 saturated heterocycles. The second-order valence-electron chi connectivity index (χ2n) is 8.39. The molecule has 31 heavy (non-hydrogen) atoms. The van der Waals surface area contributed by atoms with Gasteiger partial charge in [-0.25, -0.2) is 0 Å². The van der Waals surface area contributed by atoms with Gasteiger partial charge in [0.25, 0.3) is 5.91 Å². The quantitative estimate of drug-likeness (QED) is 0.662. The van der Waals surface area contributed by atoms with Crippen LogP contribution in [0.3, 0.4) is 0 Å². The average molecular weight is 421 g/mol. The second-order valence-corrected chi connectivity index (χ2v) is 8.39. The van der Waals surface area contributed by atoms with Crippen LogP contribution in [-0.2, 0) is 9.59 Å². The lowest BCUT2D eigenvalue weighted by Gasteiger charge is -2.28. The van der Waals surface area contributed by atoms with Crippen LogP contribution in [0.4, 0.5) is 11.4 Å². The summed E-state index contributed by atoms with van der Waals surface area (Å²) in [6.07, 6.45) is 0. The van der Waals surface area contributed by atoms with Gasteiger partial charge >= 0.3 is 0 Å². The van der Waals surface area contributed by atoms with Gasteiger partial charge in [0.15, 0.2) is 11.5 Å². The van der Waals surface area contributed by atoms with Crippen molar-refractivity contribution < 1.29 is 14.7 Å². The molecule has 164 valence electrons. The lowest BCUT2D eigenvalue weighted by atomic mass is 9.91. The first-order chi connectivity index (χ1) is 14.7. The average Bonchev–Trinajstić information content (AvgIpc) is 3.01. The maximum absolute atomic E-state index is 13.1. The van der Waals surface area contributed by atoms with Crippen molar-refractivity contribution in [2.24, 2.45) is 5.92 Å². The van der Waals surface area contributed by atoms with E-state index in [0.717, 1.165) is 35.5 Å². The molecule has 2 aromatic rings. The summed E-state index contributed by atoms with van der Waals surface area (Å²) < 4.78 is 0. The molecule has 0 aromatic heterocycles. The third kappa shape index (κ3) is 4.09. The molecule has 0 bridgehead atoms. The van der Waals surface area contributed by atoms with E-state index in [-0.39, 0.29) is 17.3 Å². The Labute approximate surface area is 185 Å². The largest absolute Gasteiger partial charge is 0.503 e. The minimum atomic E-state index is -0.657. The molecule has 1 unspecified atom stereocenters. The highest BCUT2D eigenvalue weighted by Crippen LogP contribution is 2.42. The highest BCUT2D eigenvalue weighted by Gasteiger charge is 2.44. The minimum absolute atomic E-state index is 0.175. The number of benzene rings is 2. The molecule has 0 saturated carbocycles. The molecule has 0 spiro atoms. The van der Waals surface area contributed by atoms with E-state index in [4.69, 9.17) is 0 Å². The van der Waals surface area contributed by atoms with Gasteiger partial charge < -0.3 is 10.0 Å². The van der Waals surface area contributed by atoms with Crippen LogP contribution in [0.25, 0.3) is 0 Å². The number of carbonyl (C=O) groups is 2. The van der Waals surface area contributed by atoms with Crippen molar-refractivity contribution in [1.82, 2.24) is 0 Å². The Morgan fingerprint density at radius 2 is 1.65 bits per heavy atom. The molecule has 5 nitrogen and oxygen atoms in total. The normalized spacial score (nSPS) is 16.4. The number of anilines is 2.